The quantitative estimate of drug-likeness (QED) is 0.710. The molecule has 0 aromatic heterocycles. The van der Waals surface area contributed by atoms with Gasteiger partial charge in [0.1, 0.15) is 12.0 Å². The lowest BCUT2D eigenvalue weighted by Crippen LogP contribution is -2.48. The minimum absolute atomic E-state index is 0.0869. The van der Waals surface area contributed by atoms with Gasteiger partial charge in [-0.3, -0.25) is 9.59 Å². The van der Waals surface area contributed by atoms with E-state index in [1.807, 2.05) is 13.8 Å². The fraction of sp³-hybridized carbons (Fsp3) is 0.769. The molecule has 0 aromatic carbocycles. The first-order valence-electron chi connectivity index (χ1n) is 6.26. The van der Waals surface area contributed by atoms with E-state index in [0.717, 1.165) is 12.8 Å². The molecule has 18 heavy (non-hydrogen) atoms. The second-order valence-corrected chi connectivity index (χ2v) is 5.00. The lowest BCUT2D eigenvalue weighted by atomic mass is 9.86. The van der Waals surface area contributed by atoms with E-state index in [-0.39, 0.29) is 18.5 Å². The Kier molecular flexibility index (Phi) is 4.71. The van der Waals surface area contributed by atoms with Crippen LogP contribution in [0.3, 0.4) is 0 Å². The van der Waals surface area contributed by atoms with Crippen LogP contribution < -0.4 is 0 Å². The number of carbonyl (C=O) groups excluding carboxylic acids is 2. The molecule has 1 saturated carbocycles. The van der Waals surface area contributed by atoms with Crippen LogP contribution in [-0.4, -0.2) is 36.5 Å². The Morgan fingerprint density at radius 3 is 2.33 bits per heavy atom. The van der Waals surface area contributed by atoms with E-state index in [1.165, 1.54) is 12.0 Å². The number of rotatable bonds is 4. The average Bonchev–Trinajstić information content (AvgIpc) is 2.84. The molecule has 1 aliphatic rings. The summed E-state index contributed by atoms with van der Waals surface area (Å²) >= 11 is 0. The summed E-state index contributed by atoms with van der Waals surface area (Å²) < 4.78 is 4.59. The maximum Gasteiger partial charge on any atom is 0.325 e. The van der Waals surface area contributed by atoms with Crippen molar-refractivity contribution < 1.29 is 14.3 Å². The SMILES string of the molecule is COC(=O)CN(C(=O)C1(C#N)CCCC1)C(C)C. The van der Waals surface area contributed by atoms with E-state index in [1.54, 1.807) is 0 Å². The third-order valence-electron chi connectivity index (χ3n) is 3.49. The molecule has 1 aliphatic carbocycles. The molecule has 0 aromatic rings. The summed E-state index contributed by atoms with van der Waals surface area (Å²) in [4.78, 5) is 25.3. The Labute approximate surface area is 108 Å². The highest BCUT2D eigenvalue weighted by atomic mass is 16.5. The second-order valence-electron chi connectivity index (χ2n) is 5.00. The summed E-state index contributed by atoms with van der Waals surface area (Å²) in [6, 6.07) is 2.04. The molecule has 0 atom stereocenters. The number of nitrogens with zero attached hydrogens (tertiary/aromatic N) is 2. The van der Waals surface area contributed by atoms with Crippen molar-refractivity contribution in [1.82, 2.24) is 4.90 Å². The van der Waals surface area contributed by atoms with Crippen molar-refractivity contribution in [2.24, 2.45) is 5.41 Å². The molecule has 0 N–H and O–H groups in total. The summed E-state index contributed by atoms with van der Waals surface area (Å²) in [5.74, 6) is -0.689. The van der Waals surface area contributed by atoms with Crippen LogP contribution in [0.5, 0.6) is 0 Å². The van der Waals surface area contributed by atoms with Crippen LogP contribution in [0, 0.1) is 16.7 Å². The van der Waals surface area contributed by atoms with Crippen LogP contribution in [0.2, 0.25) is 0 Å². The van der Waals surface area contributed by atoms with Gasteiger partial charge in [0, 0.05) is 6.04 Å². The van der Waals surface area contributed by atoms with Crippen LogP contribution in [0.25, 0.3) is 0 Å². The topological polar surface area (TPSA) is 70.4 Å². The maximum absolute atomic E-state index is 12.5. The van der Waals surface area contributed by atoms with Crippen molar-refractivity contribution >= 4 is 11.9 Å². The molecule has 1 rings (SSSR count). The Hall–Kier alpha value is -1.57. The van der Waals surface area contributed by atoms with Gasteiger partial charge in [0.2, 0.25) is 5.91 Å². The van der Waals surface area contributed by atoms with Crippen LogP contribution in [-0.2, 0) is 14.3 Å². The third-order valence-corrected chi connectivity index (χ3v) is 3.49. The Morgan fingerprint density at radius 2 is 1.94 bits per heavy atom. The van der Waals surface area contributed by atoms with Gasteiger partial charge in [0.05, 0.1) is 13.2 Å². The molecule has 5 nitrogen and oxygen atoms in total. The van der Waals surface area contributed by atoms with Crippen LogP contribution >= 0.6 is 0 Å². The van der Waals surface area contributed by atoms with Crippen LogP contribution in [0.1, 0.15) is 39.5 Å². The molecule has 0 radical (unpaired) electrons. The molecule has 0 spiro atoms. The smallest absolute Gasteiger partial charge is 0.325 e. The van der Waals surface area contributed by atoms with Crippen molar-refractivity contribution in [1.29, 1.82) is 5.26 Å². The van der Waals surface area contributed by atoms with E-state index < -0.39 is 11.4 Å². The van der Waals surface area contributed by atoms with E-state index in [4.69, 9.17) is 0 Å². The Balaban J connectivity index is 2.89. The number of methoxy groups -OCH3 is 1. The van der Waals surface area contributed by atoms with E-state index in [0.29, 0.717) is 12.8 Å². The van der Waals surface area contributed by atoms with E-state index >= 15 is 0 Å². The van der Waals surface area contributed by atoms with Crippen molar-refractivity contribution in [2.45, 2.75) is 45.6 Å². The molecule has 0 aliphatic heterocycles. The van der Waals surface area contributed by atoms with Crippen LogP contribution in [0.4, 0.5) is 0 Å². The molecular weight excluding hydrogens is 232 g/mol. The number of hydrogen-bond donors (Lipinski definition) is 0. The predicted octanol–water partition coefficient (Wildman–Crippen LogP) is 1.48. The van der Waals surface area contributed by atoms with E-state index in [9.17, 15) is 14.9 Å². The lowest BCUT2D eigenvalue weighted by Gasteiger charge is -2.31. The van der Waals surface area contributed by atoms with Gasteiger partial charge in [-0.15, -0.1) is 0 Å². The summed E-state index contributed by atoms with van der Waals surface area (Å²) in [6.45, 7) is 3.58. The first kappa shape index (κ1) is 14.5. The Bertz CT molecular complexity index is 365. The highest BCUT2D eigenvalue weighted by molar-refractivity contribution is 5.89. The minimum atomic E-state index is -0.932. The van der Waals surface area contributed by atoms with Gasteiger partial charge in [-0.1, -0.05) is 12.8 Å². The summed E-state index contributed by atoms with van der Waals surface area (Å²) in [5.41, 5.74) is -0.932. The number of ether oxygens (including phenoxy) is 1. The summed E-state index contributed by atoms with van der Waals surface area (Å²) in [6.07, 6.45) is 2.96. The van der Waals surface area contributed by atoms with Crippen LogP contribution in [0.15, 0.2) is 0 Å². The normalized spacial score (nSPS) is 17.3. The fourth-order valence-corrected chi connectivity index (χ4v) is 2.32. The molecule has 0 unspecified atom stereocenters. The highest BCUT2D eigenvalue weighted by Gasteiger charge is 2.44. The first-order valence-corrected chi connectivity index (χ1v) is 6.26. The number of nitriles is 1. The van der Waals surface area contributed by atoms with Gasteiger partial charge in [-0.25, -0.2) is 0 Å². The minimum Gasteiger partial charge on any atom is -0.468 e. The highest BCUT2D eigenvalue weighted by Crippen LogP contribution is 2.39. The molecule has 0 heterocycles. The number of hydrogen-bond acceptors (Lipinski definition) is 4. The van der Waals surface area contributed by atoms with Gasteiger partial charge in [-0.05, 0) is 26.7 Å². The maximum atomic E-state index is 12.5. The second kappa shape index (κ2) is 5.85. The zero-order chi connectivity index (χ0) is 13.8. The fourth-order valence-electron chi connectivity index (χ4n) is 2.32. The standard InChI is InChI=1S/C13H20N2O3/c1-10(2)15(8-11(16)18-3)12(17)13(9-14)6-4-5-7-13/h10H,4-8H2,1-3H3. The summed E-state index contributed by atoms with van der Waals surface area (Å²) in [7, 11) is 1.29. The van der Waals surface area contributed by atoms with Gasteiger partial charge < -0.3 is 9.64 Å². The monoisotopic (exact) mass is 252 g/mol. The molecule has 5 heteroatoms. The molecule has 100 valence electrons. The van der Waals surface area contributed by atoms with Crippen molar-refractivity contribution in [3.8, 4) is 6.07 Å². The molecule has 0 bridgehead atoms. The predicted molar refractivity (Wildman–Crippen MR) is 65.4 cm³/mol. The molecule has 0 saturated heterocycles. The average molecular weight is 252 g/mol. The van der Waals surface area contributed by atoms with E-state index in [2.05, 4.69) is 10.8 Å². The molecule has 1 fully saturated rings. The Morgan fingerprint density at radius 1 is 1.39 bits per heavy atom. The van der Waals surface area contributed by atoms with Crippen molar-refractivity contribution in [2.75, 3.05) is 13.7 Å². The summed E-state index contributed by atoms with van der Waals surface area (Å²) in [5, 5.41) is 9.30. The zero-order valence-corrected chi connectivity index (χ0v) is 11.2. The third kappa shape index (κ3) is 2.81. The van der Waals surface area contributed by atoms with Gasteiger partial charge in [-0.2, -0.15) is 5.26 Å². The largest absolute Gasteiger partial charge is 0.468 e. The molecular formula is C13H20N2O3. The van der Waals surface area contributed by atoms with Gasteiger partial charge >= 0.3 is 5.97 Å². The number of esters is 1. The van der Waals surface area contributed by atoms with Gasteiger partial charge in [0.25, 0.3) is 0 Å². The van der Waals surface area contributed by atoms with Crippen molar-refractivity contribution in [3.63, 3.8) is 0 Å². The number of carbonyl (C=O) groups is 2. The lowest BCUT2D eigenvalue weighted by molar-refractivity contribution is -0.151. The number of amides is 1. The van der Waals surface area contributed by atoms with Crippen molar-refractivity contribution in [3.05, 3.63) is 0 Å². The first-order chi connectivity index (χ1) is 8.46. The van der Waals surface area contributed by atoms with Gasteiger partial charge in [0.15, 0.2) is 0 Å². The molecule has 1 amide bonds. The zero-order valence-electron chi connectivity index (χ0n) is 11.2.